The first-order valence-electron chi connectivity index (χ1n) is 7.43. The lowest BCUT2D eigenvalue weighted by Gasteiger charge is -2.06. The zero-order chi connectivity index (χ0) is 17.2. The van der Waals surface area contributed by atoms with Gasteiger partial charge in [-0.2, -0.15) is 0 Å². The van der Waals surface area contributed by atoms with Crippen LogP contribution in [-0.4, -0.2) is 37.0 Å². The van der Waals surface area contributed by atoms with Gasteiger partial charge >= 0.3 is 0 Å². The van der Waals surface area contributed by atoms with Gasteiger partial charge < -0.3 is 14.9 Å². The molecule has 0 fully saturated rings. The van der Waals surface area contributed by atoms with E-state index in [9.17, 15) is 13.2 Å². The summed E-state index contributed by atoms with van der Waals surface area (Å²) in [5, 5.41) is 3.55. The van der Waals surface area contributed by atoms with E-state index >= 15 is 0 Å². The molecule has 3 N–H and O–H groups in total. The summed E-state index contributed by atoms with van der Waals surface area (Å²) in [4.78, 5) is 15.4. The van der Waals surface area contributed by atoms with Crippen molar-refractivity contribution < 1.29 is 13.2 Å². The number of nitrogens with one attached hydrogen (secondary N) is 3. The fourth-order valence-electron chi connectivity index (χ4n) is 2.44. The molecule has 0 bridgehead atoms. The molecular formula is C16H18N4O3S. The van der Waals surface area contributed by atoms with Gasteiger partial charge in [0.05, 0.1) is 10.5 Å². The number of aromatic amines is 1. The Hall–Kier alpha value is -2.58. The molecule has 0 unspecified atom stereocenters. The van der Waals surface area contributed by atoms with Gasteiger partial charge in [0.1, 0.15) is 0 Å². The summed E-state index contributed by atoms with van der Waals surface area (Å²) in [6.07, 6.45) is 4.83. The van der Waals surface area contributed by atoms with Crippen molar-refractivity contribution in [1.82, 2.24) is 19.6 Å². The maximum Gasteiger partial charge on any atom is 0.253 e. The summed E-state index contributed by atoms with van der Waals surface area (Å²) >= 11 is 0. The van der Waals surface area contributed by atoms with Crippen molar-refractivity contribution in [3.63, 3.8) is 0 Å². The van der Waals surface area contributed by atoms with Gasteiger partial charge in [-0.05, 0) is 12.1 Å². The standard InChI is InChI=1S/C16H18N4O3S/c1-20-9-6-12(11-20)24(22,23)19-8-7-17-16(21)14-10-18-15-5-3-2-4-13(14)15/h2-6,9-11,18-19H,7-8H2,1H3,(H,17,21). The maximum absolute atomic E-state index is 12.2. The van der Waals surface area contributed by atoms with Gasteiger partial charge in [0.15, 0.2) is 0 Å². The molecule has 0 aliphatic carbocycles. The SMILES string of the molecule is Cn1ccc(S(=O)(=O)NCCNC(=O)c2c[nH]c3ccccc23)c1. The highest BCUT2D eigenvalue weighted by atomic mass is 32.2. The van der Waals surface area contributed by atoms with E-state index in [1.807, 2.05) is 24.3 Å². The van der Waals surface area contributed by atoms with Crippen LogP contribution in [0.3, 0.4) is 0 Å². The number of H-pyrrole nitrogens is 1. The minimum absolute atomic E-state index is 0.116. The van der Waals surface area contributed by atoms with Gasteiger partial charge in [-0.15, -0.1) is 0 Å². The monoisotopic (exact) mass is 346 g/mol. The molecular weight excluding hydrogens is 328 g/mol. The minimum Gasteiger partial charge on any atom is -0.360 e. The molecule has 0 saturated carbocycles. The Morgan fingerprint density at radius 3 is 2.75 bits per heavy atom. The molecule has 1 amide bonds. The Balaban J connectivity index is 1.56. The van der Waals surface area contributed by atoms with Crippen molar-refractivity contribution in [2.24, 2.45) is 7.05 Å². The summed E-state index contributed by atoms with van der Waals surface area (Å²) in [7, 11) is -1.80. The quantitative estimate of drug-likeness (QED) is 0.586. The van der Waals surface area contributed by atoms with Crippen molar-refractivity contribution in [3.8, 4) is 0 Å². The Bertz CT molecular complexity index is 972. The third kappa shape index (κ3) is 3.34. The number of aromatic nitrogens is 2. The fourth-order valence-corrected chi connectivity index (χ4v) is 3.52. The van der Waals surface area contributed by atoms with Crippen LogP contribution in [0.15, 0.2) is 53.8 Å². The molecule has 126 valence electrons. The molecule has 24 heavy (non-hydrogen) atoms. The number of hydrogen-bond donors (Lipinski definition) is 3. The zero-order valence-corrected chi connectivity index (χ0v) is 13.9. The molecule has 0 atom stereocenters. The average molecular weight is 346 g/mol. The Morgan fingerprint density at radius 2 is 2.00 bits per heavy atom. The summed E-state index contributed by atoms with van der Waals surface area (Å²) in [5.41, 5.74) is 1.42. The first-order valence-corrected chi connectivity index (χ1v) is 8.91. The third-order valence-corrected chi connectivity index (χ3v) is 5.10. The lowest BCUT2D eigenvalue weighted by Crippen LogP contribution is -2.34. The van der Waals surface area contributed by atoms with Crippen LogP contribution < -0.4 is 10.0 Å². The van der Waals surface area contributed by atoms with Crippen LogP contribution in [0.4, 0.5) is 0 Å². The lowest BCUT2D eigenvalue weighted by molar-refractivity contribution is 0.0956. The Kier molecular flexibility index (Phi) is 4.41. The number of carbonyl (C=O) groups is 1. The molecule has 2 heterocycles. The molecule has 0 radical (unpaired) electrons. The Labute approximate surface area is 139 Å². The molecule has 0 saturated heterocycles. The number of rotatable bonds is 6. The topological polar surface area (TPSA) is 96.0 Å². The number of fused-ring (bicyclic) bond motifs is 1. The molecule has 0 aliphatic rings. The highest BCUT2D eigenvalue weighted by Gasteiger charge is 2.15. The number of benzene rings is 1. The average Bonchev–Trinajstić information content (AvgIpc) is 3.18. The second kappa shape index (κ2) is 6.50. The van der Waals surface area contributed by atoms with Crippen molar-refractivity contribution in [1.29, 1.82) is 0 Å². The van der Waals surface area contributed by atoms with Gasteiger partial charge in [-0.25, -0.2) is 13.1 Å². The first-order chi connectivity index (χ1) is 11.5. The van der Waals surface area contributed by atoms with Crippen molar-refractivity contribution in [2.75, 3.05) is 13.1 Å². The molecule has 7 nitrogen and oxygen atoms in total. The normalized spacial score (nSPS) is 11.7. The second-order valence-electron chi connectivity index (χ2n) is 5.41. The fraction of sp³-hybridized carbons (Fsp3) is 0.188. The number of sulfonamides is 1. The predicted octanol–water partition coefficient (Wildman–Crippen LogP) is 1.21. The summed E-state index contributed by atoms with van der Waals surface area (Å²) in [5.74, 6) is -0.244. The van der Waals surface area contributed by atoms with E-state index in [4.69, 9.17) is 0 Å². The third-order valence-electron chi connectivity index (χ3n) is 3.65. The molecule has 3 aromatic rings. The molecule has 0 spiro atoms. The number of para-hydroxylation sites is 1. The van der Waals surface area contributed by atoms with Crippen LogP contribution >= 0.6 is 0 Å². The summed E-state index contributed by atoms with van der Waals surface area (Å²) < 4.78 is 28.2. The maximum atomic E-state index is 12.2. The van der Waals surface area contributed by atoms with Crippen LogP contribution in [-0.2, 0) is 17.1 Å². The van der Waals surface area contributed by atoms with E-state index in [-0.39, 0.29) is 23.9 Å². The second-order valence-corrected chi connectivity index (χ2v) is 7.18. The van der Waals surface area contributed by atoms with E-state index in [1.54, 1.807) is 24.0 Å². The van der Waals surface area contributed by atoms with Crippen LogP contribution in [0.25, 0.3) is 10.9 Å². The molecule has 0 aliphatic heterocycles. The van der Waals surface area contributed by atoms with Crippen molar-refractivity contribution in [3.05, 3.63) is 54.5 Å². The zero-order valence-electron chi connectivity index (χ0n) is 13.1. The van der Waals surface area contributed by atoms with E-state index in [1.165, 1.54) is 12.3 Å². The van der Waals surface area contributed by atoms with Crippen LogP contribution in [0.2, 0.25) is 0 Å². The van der Waals surface area contributed by atoms with Crippen LogP contribution in [0.1, 0.15) is 10.4 Å². The molecule has 1 aromatic carbocycles. The highest BCUT2D eigenvalue weighted by Crippen LogP contribution is 2.17. The number of hydrogen-bond acceptors (Lipinski definition) is 3. The van der Waals surface area contributed by atoms with Crippen molar-refractivity contribution in [2.45, 2.75) is 4.90 Å². The predicted molar refractivity (Wildman–Crippen MR) is 91.2 cm³/mol. The van der Waals surface area contributed by atoms with Gasteiger partial charge in [0, 0.05) is 49.6 Å². The smallest absolute Gasteiger partial charge is 0.253 e. The largest absolute Gasteiger partial charge is 0.360 e. The highest BCUT2D eigenvalue weighted by molar-refractivity contribution is 7.89. The lowest BCUT2D eigenvalue weighted by atomic mass is 10.1. The summed E-state index contributed by atoms with van der Waals surface area (Å²) in [6, 6.07) is 9.02. The van der Waals surface area contributed by atoms with E-state index in [2.05, 4.69) is 15.0 Å². The minimum atomic E-state index is -3.55. The van der Waals surface area contributed by atoms with Gasteiger partial charge in [0.25, 0.3) is 5.91 Å². The number of nitrogens with zero attached hydrogens (tertiary/aromatic N) is 1. The van der Waals surface area contributed by atoms with E-state index < -0.39 is 10.0 Å². The van der Waals surface area contributed by atoms with Crippen molar-refractivity contribution >= 4 is 26.8 Å². The van der Waals surface area contributed by atoms with Gasteiger partial charge in [0.2, 0.25) is 10.0 Å². The summed E-state index contributed by atoms with van der Waals surface area (Å²) in [6.45, 7) is 0.315. The van der Waals surface area contributed by atoms with Crippen LogP contribution in [0.5, 0.6) is 0 Å². The van der Waals surface area contributed by atoms with Gasteiger partial charge in [-0.3, -0.25) is 4.79 Å². The van der Waals surface area contributed by atoms with Gasteiger partial charge in [-0.1, -0.05) is 18.2 Å². The van der Waals surface area contributed by atoms with Crippen LogP contribution in [0, 0.1) is 0 Å². The molecule has 3 rings (SSSR count). The molecule has 2 aromatic heterocycles. The number of carbonyl (C=O) groups excluding carboxylic acids is 1. The first kappa shape index (κ1) is 16.3. The number of amides is 1. The van der Waals surface area contributed by atoms with E-state index in [0.717, 1.165) is 10.9 Å². The van der Waals surface area contributed by atoms with E-state index in [0.29, 0.717) is 5.56 Å². The number of aryl methyl sites for hydroxylation is 1. The Morgan fingerprint density at radius 1 is 1.21 bits per heavy atom. The molecule has 8 heteroatoms.